The number of carbonyl (C=O) groups excluding carboxylic acids is 2. The third kappa shape index (κ3) is 10.3. The van der Waals surface area contributed by atoms with Crippen LogP contribution in [0.25, 0.3) is 55.6 Å². The largest absolute Gasteiger partial charge is 0.508 e. The summed E-state index contributed by atoms with van der Waals surface area (Å²) < 4.78 is 15.4. The predicted octanol–water partition coefficient (Wildman–Crippen LogP) is 9.59. The molecular weight excluding hydrogens is 927 g/mol. The van der Waals surface area contributed by atoms with Crippen molar-refractivity contribution < 1.29 is 24.2 Å². The number of aromatic nitrogens is 7. The molecule has 7 heterocycles. The van der Waals surface area contributed by atoms with Crippen LogP contribution in [0, 0.1) is 0 Å². The summed E-state index contributed by atoms with van der Waals surface area (Å²) in [6.07, 6.45) is 12.5. The number of hydrogen-bond donors (Lipinski definition) is 1. The van der Waals surface area contributed by atoms with Gasteiger partial charge in [-0.15, -0.1) is 0 Å². The average molecular weight is 981 g/mol. The van der Waals surface area contributed by atoms with E-state index in [9.17, 15) is 14.7 Å². The number of piperazine rings is 2. The summed E-state index contributed by atoms with van der Waals surface area (Å²) in [5, 5.41) is 19.6. The van der Waals surface area contributed by atoms with Gasteiger partial charge >= 0.3 is 12.2 Å². The van der Waals surface area contributed by atoms with Crippen molar-refractivity contribution in [2.45, 2.75) is 52.7 Å². The van der Waals surface area contributed by atoms with Crippen LogP contribution >= 0.6 is 15.9 Å². The number of carbonyl (C=O) groups is 2. The molecule has 0 unspecified atom stereocenters. The minimum Gasteiger partial charge on any atom is -0.508 e. The number of hydrogen-bond acceptors (Lipinski definition) is 12. The first-order chi connectivity index (χ1) is 32.5. The molecule has 2 fully saturated rings. The maximum atomic E-state index is 12.4. The van der Waals surface area contributed by atoms with E-state index in [0.29, 0.717) is 26.2 Å². The Morgan fingerprint density at radius 2 is 1.04 bits per heavy atom. The van der Waals surface area contributed by atoms with E-state index in [1.165, 1.54) is 0 Å². The van der Waals surface area contributed by atoms with Gasteiger partial charge in [0.25, 0.3) is 0 Å². The average Bonchev–Trinajstić information content (AvgIpc) is 3.93. The number of ether oxygens (including phenoxy) is 2. The molecule has 0 spiro atoms. The van der Waals surface area contributed by atoms with Gasteiger partial charge in [0.2, 0.25) is 0 Å². The van der Waals surface area contributed by atoms with Gasteiger partial charge < -0.3 is 34.2 Å². The van der Waals surface area contributed by atoms with Gasteiger partial charge in [0, 0.05) is 123 Å². The van der Waals surface area contributed by atoms with E-state index in [-0.39, 0.29) is 17.9 Å². The highest BCUT2D eigenvalue weighted by Crippen LogP contribution is 2.33. The fourth-order valence-electron chi connectivity index (χ4n) is 8.26. The summed E-state index contributed by atoms with van der Waals surface area (Å²) in [5.74, 6) is 0.184. The van der Waals surface area contributed by atoms with Gasteiger partial charge in [0.15, 0.2) is 11.3 Å². The van der Waals surface area contributed by atoms with E-state index >= 15 is 0 Å². The van der Waals surface area contributed by atoms with E-state index in [1.54, 1.807) is 43.4 Å². The topological polar surface area (TPSA) is 159 Å². The Balaban J connectivity index is 0.000000178. The Labute approximate surface area is 402 Å². The number of amides is 2. The van der Waals surface area contributed by atoms with Crippen molar-refractivity contribution in [3.05, 3.63) is 121 Å². The highest BCUT2D eigenvalue weighted by molar-refractivity contribution is 9.10. The van der Waals surface area contributed by atoms with Crippen molar-refractivity contribution in [2.24, 2.45) is 0 Å². The number of rotatable bonds is 5. The van der Waals surface area contributed by atoms with E-state index in [2.05, 4.69) is 94.4 Å². The Morgan fingerprint density at radius 1 is 0.559 bits per heavy atom. The number of nitrogens with zero attached hydrogens (tertiary/aromatic N) is 11. The van der Waals surface area contributed by atoms with Crippen molar-refractivity contribution in [2.75, 3.05) is 62.2 Å². The number of benzene rings is 3. The lowest BCUT2D eigenvalue weighted by molar-refractivity contribution is 0.0230. The second-order valence-corrected chi connectivity index (χ2v) is 19.7. The SMILES string of the molecule is CC(C)(C)OC(=O)N1CCN(c2ccc(-c3cnc4c(-c5ccnc6cc(O)ccc56)cnn4c3)cc2)CC1.CC(C)(C)OC(=O)N1CCN(c2ccc(-c3cnc4c(Br)cnn4c3)cc2)CC1. The first-order valence-electron chi connectivity index (χ1n) is 22.6. The number of phenolic OH excluding ortho intramolecular Hbond substituents is 1. The molecule has 16 nitrogen and oxygen atoms in total. The molecule has 17 heteroatoms. The number of aromatic hydroxyl groups is 1. The maximum Gasteiger partial charge on any atom is 0.410 e. The summed E-state index contributed by atoms with van der Waals surface area (Å²) in [6.45, 7) is 17.0. The number of anilines is 2. The summed E-state index contributed by atoms with van der Waals surface area (Å²) in [6, 6.07) is 23.9. The minimum absolute atomic E-state index is 0.184. The van der Waals surface area contributed by atoms with Crippen LogP contribution in [-0.2, 0) is 9.47 Å². The van der Waals surface area contributed by atoms with Crippen LogP contribution < -0.4 is 9.80 Å². The fourth-order valence-corrected chi connectivity index (χ4v) is 8.63. The highest BCUT2D eigenvalue weighted by atomic mass is 79.9. The maximum absolute atomic E-state index is 12.4. The smallest absolute Gasteiger partial charge is 0.410 e. The van der Waals surface area contributed by atoms with Crippen LogP contribution in [0.15, 0.2) is 121 Å². The van der Waals surface area contributed by atoms with Crippen LogP contribution in [0.3, 0.4) is 0 Å². The second kappa shape index (κ2) is 18.8. The van der Waals surface area contributed by atoms with E-state index in [1.807, 2.05) is 84.7 Å². The molecule has 2 amide bonds. The summed E-state index contributed by atoms with van der Waals surface area (Å²) in [7, 11) is 0. The van der Waals surface area contributed by atoms with Gasteiger partial charge in [-0.05, 0) is 117 Å². The van der Waals surface area contributed by atoms with E-state index in [4.69, 9.17) is 14.5 Å². The van der Waals surface area contributed by atoms with Crippen LogP contribution in [0.2, 0.25) is 0 Å². The Morgan fingerprint density at radius 3 is 1.56 bits per heavy atom. The molecule has 0 saturated carbocycles. The second-order valence-electron chi connectivity index (χ2n) is 18.8. The van der Waals surface area contributed by atoms with Crippen LogP contribution in [0.1, 0.15) is 41.5 Å². The van der Waals surface area contributed by atoms with E-state index < -0.39 is 11.2 Å². The van der Waals surface area contributed by atoms with Crippen molar-refractivity contribution in [1.82, 2.24) is 44.0 Å². The number of pyridine rings is 1. The molecule has 2 aliphatic rings. The minimum atomic E-state index is -0.488. The third-order valence-electron chi connectivity index (χ3n) is 11.7. The van der Waals surface area contributed by atoms with Gasteiger partial charge in [-0.3, -0.25) is 4.98 Å². The monoisotopic (exact) mass is 979 g/mol. The molecule has 2 saturated heterocycles. The Bertz CT molecular complexity index is 3090. The van der Waals surface area contributed by atoms with Gasteiger partial charge in [-0.2, -0.15) is 10.2 Å². The molecule has 2 aliphatic heterocycles. The van der Waals surface area contributed by atoms with Gasteiger partial charge in [-0.25, -0.2) is 28.6 Å². The zero-order valence-electron chi connectivity index (χ0n) is 39.0. The molecule has 3 aromatic carbocycles. The first-order valence-corrected chi connectivity index (χ1v) is 23.4. The molecule has 1 N–H and O–H groups in total. The van der Waals surface area contributed by atoms with E-state index in [0.717, 1.165) is 97.6 Å². The van der Waals surface area contributed by atoms with Gasteiger partial charge in [0.1, 0.15) is 17.0 Å². The van der Waals surface area contributed by atoms with Gasteiger partial charge in [-0.1, -0.05) is 24.3 Å². The Kier molecular flexibility index (Phi) is 12.7. The molecular formula is C51H54BrN11O5. The lowest BCUT2D eigenvalue weighted by atomic mass is 10.0. The Hall–Kier alpha value is -7.27. The zero-order chi connectivity index (χ0) is 47.7. The van der Waals surface area contributed by atoms with Gasteiger partial charge in [0.05, 0.1) is 22.4 Å². The van der Waals surface area contributed by atoms with Crippen LogP contribution in [0.4, 0.5) is 21.0 Å². The lowest BCUT2D eigenvalue weighted by Gasteiger charge is -2.36. The number of fused-ring (bicyclic) bond motifs is 3. The molecule has 350 valence electrons. The molecule has 0 aliphatic carbocycles. The lowest BCUT2D eigenvalue weighted by Crippen LogP contribution is -2.50. The number of phenols is 1. The number of halogens is 1. The van der Waals surface area contributed by atoms with Crippen molar-refractivity contribution >= 4 is 61.7 Å². The zero-order valence-corrected chi connectivity index (χ0v) is 40.6. The summed E-state index contributed by atoms with van der Waals surface area (Å²) in [4.78, 5) is 46.3. The molecule has 68 heavy (non-hydrogen) atoms. The fraction of sp³-hybridized carbons (Fsp3) is 0.314. The molecule has 0 atom stereocenters. The van der Waals surface area contributed by atoms with Crippen molar-refractivity contribution in [3.63, 3.8) is 0 Å². The van der Waals surface area contributed by atoms with Crippen LogP contribution in [0.5, 0.6) is 5.75 Å². The van der Waals surface area contributed by atoms with Crippen LogP contribution in [-0.4, -0.2) is 125 Å². The third-order valence-corrected chi connectivity index (χ3v) is 12.2. The van der Waals surface area contributed by atoms with Crippen molar-refractivity contribution in [1.29, 1.82) is 0 Å². The quantitative estimate of drug-likeness (QED) is 0.174. The summed E-state index contributed by atoms with van der Waals surface area (Å²) >= 11 is 3.44. The first kappa shape index (κ1) is 45.9. The highest BCUT2D eigenvalue weighted by Gasteiger charge is 2.27. The molecule has 0 radical (unpaired) electrons. The molecule has 10 rings (SSSR count). The predicted molar refractivity (Wildman–Crippen MR) is 267 cm³/mol. The molecule has 8 aromatic rings. The standard InChI is InChI=1S/C30H30N6O3.C21H24BrN5O2/c1-30(2,3)39-29(38)35-14-12-34(13-15-35)22-6-4-20(5-7-22)21-17-32-28-26(18-33-36(28)19-21)24-10-11-31-27-16-23(37)8-9-25(24)27;1-21(2,3)29-20(28)26-10-8-25(9-11-26)17-6-4-15(5-7-17)16-12-23-19-18(22)13-24-27(19)14-16/h4-11,16-19,37H,12-15H2,1-3H3;4-7,12-14H,8-11H2,1-3H3. The normalized spacial score (nSPS) is 14.6. The summed E-state index contributed by atoms with van der Waals surface area (Å²) in [5.41, 5.74) is 9.55. The molecule has 5 aromatic heterocycles. The molecule has 0 bridgehead atoms. The van der Waals surface area contributed by atoms with Crippen molar-refractivity contribution in [3.8, 4) is 39.1 Å².